The minimum Gasteiger partial charge on any atom is -0.487 e. The molecule has 2 bridgehead atoms. The van der Waals surface area contributed by atoms with Crippen LogP contribution in [0.1, 0.15) is 17.5 Å². The molecule has 2 amide bonds. The molecule has 5 nitrogen and oxygen atoms in total. The molecule has 7 heteroatoms. The molecule has 30 heavy (non-hydrogen) atoms. The molecule has 2 fully saturated rings. The number of hydrogen-bond acceptors (Lipinski definition) is 4. The summed E-state index contributed by atoms with van der Waals surface area (Å²) >= 11 is 9.70. The van der Waals surface area contributed by atoms with Gasteiger partial charge in [0.1, 0.15) is 12.4 Å². The van der Waals surface area contributed by atoms with Gasteiger partial charge in [0.2, 0.25) is 0 Å². The van der Waals surface area contributed by atoms with Crippen molar-refractivity contribution in [2.45, 2.75) is 13.0 Å². The van der Waals surface area contributed by atoms with E-state index < -0.39 is 0 Å². The molecule has 3 aliphatic rings. The van der Waals surface area contributed by atoms with Gasteiger partial charge in [-0.05, 0) is 51.9 Å². The summed E-state index contributed by atoms with van der Waals surface area (Å²) in [5.41, 5.74) is 1.60. The van der Waals surface area contributed by atoms with E-state index in [0.717, 1.165) is 17.0 Å². The lowest BCUT2D eigenvalue weighted by Crippen LogP contribution is -2.28. The summed E-state index contributed by atoms with van der Waals surface area (Å²) < 4.78 is 6.67. The highest BCUT2D eigenvalue weighted by Crippen LogP contribution is 2.52. The lowest BCUT2D eigenvalue weighted by molar-refractivity contribution is -0.140. The Balaban J connectivity index is 1.40. The summed E-state index contributed by atoms with van der Waals surface area (Å²) in [5, 5.41) is 5.77. The first-order chi connectivity index (χ1) is 14.5. The fraction of sp³-hybridized carbons (Fsp3) is 0.261. The smallest absolute Gasteiger partial charge is 0.254 e. The van der Waals surface area contributed by atoms with Gasteiger partial charge in [0.25, 0.3) is 11.8 Å². The Morgan fingerprint density at radius 1 is 1.10 bits per heavy atom. The predicted octanol–water partition coefficient (Wildman–Crippen LogP) is 4.82. The fourth-order valence-electron chi connectivity index (χ4n) is 4.68. The van der Waals surface area contributed by atoms with Crippen LogP contribution in [0, 0.1) is 23.7 Å². The molecule has 1 saturated heterocycles. The minimum absolute atomic E-state index is 0.154. The SMILES string of the molecule is O=C1C2C3C=CC(C3)C2C(=O)N1N=Cc1cc(Cl)cc(Br)c1OCc1ccccc1. The van der Waals surface area contributed by atoms with Gasteiger partial charge in [-0.15, -0.1) is 0 Å². The van der Waals surface area contributed by atoms with E-state index in [1.54, 1.807) is 12.1 Å². The molecule has 4 unspecified atom stereocenters. The average molecular weight is 486 g/mol. The lowest BCUT2D eigenvalue weighted by atomic mass is 9.85. The summed E-state index contributed by atoms with van der Waals surface area (Å²) in [4.78, 5) is 25.7. The third-order valence-corrected chi connectivity index (χ3v) is 6.83. The highest BCUT2D eigenvalue weighted by molar-refractivity contribution is 9.10. The van der Waals surface area contributed by atoms with Crippen LogP contribution in [-0.2, 0) is 16.2 Å². The van der Waals surface area contributed by atoms with Crippen molar-refractivity contribution < 1.29 is 14.3 Å². The Hall–Kier alpha value is -2.44. The highest BCUT2D eigenvalue weighted by atomic mass is 79.9. The number of allylic oxidation sites excluding steroid dienone is 2. The van der Waals surface area contributed by atoms with Crippen LogP contribution in [0.4, 0.5) is 0 Å². The van der Waals surface area contributed by atoms with Gasteiger partial charge < -0.3 is 4.74 Å². The Morgan fingerprint density at radius 2 is 1.77 bits per heavy atom. The Morgan fingerprint density at radius 3 is 2.43 bits per heavy atom. The molecule has 0 spiro atoms. The number of hydrogen-bond donors (Lipinski definition) is 0. The van der Waals surface area contributed by atoms with E-state index in [9.17, 15) is 9.59 Å². The van der Waals surface area contributed by atoms with Gasteiger partial charge in [-0.25, -0.2) is 0 Å². The fourth-order valence-corrected chi connectivity index (χ4v) is 5.63. The zero-order valence-corrected chi connectivity index (χ0v) is 18.2. The van der Waals surface area contributed by atoms with Gasteiger partial charge in [-0.1, -0.05) is 54.1 Å². The van der Waals surface area contributed by atoms with Gasteiger partial charge in [-0.2, -0.15) is 10.1 Å². The molecule has 152 valence electrons. The minimum atomic E-state index is -0.274. The lowest BCUT2D eigenvalue weighted by Gasteiger charge is -2.14. The van der Waals surface area contributed by atoms with Crippen LogP contribution in [0.5, 0.6) is 5.75 Å². The molecular formula is C23H18BrClN2O3. The van der Waals surface area contributed by atoms with Gasteiger partial charge in [-0.3, -0.25) is 9.59 Å². The molecule has 5 rings (SSSR count). The maximum atomic E-state index is 12.8. The van der Waals surface area contributed by atoms with Crippen molar-refractivity contribution in [3.63, 3.8) is 0 Å². The van der Waals surface area contributed by atoms with Crippen LogP contribution in [0.25, 0.3) is 0 Å². The first-order valence-corrected chi connectivity index (χ1v) is 11.0. The number of ether oxygens (including phenoxy) is 1. The standard InChI is InChI=1S/C23H18BrClN2O3/c24-18-10-17(25)9-16(21(18)30-12-13-4-2-1-3-5-13)11-26-27-22(28)19-14-6-7-15(8-14)20(19)23(27)29/h1-7,9-11,14-15,19-20H,8,12H2. The van der Waals surface area contributed by atoms with Crippen molar-refractivity contribution in [1.29, 1.82) is 0 Å². The number of nitrogens with zero attached hydrogens (tertiary/aromatic N) is 2. The van der Waals surface area contributed by atoms with E-state index in [2.05, 4.69) is 33.2 Å². The molecule has 1 aliphatic heterocycles. The van der Waals surface area contributed by atoms with Crippen LogP contribution < -0.4 is 4.74 Å². The van der Waals surface area contributed by atoms with Crippen molar-refractivity contribution in [1.82, 2.24) is 5.01 Å². The molecule has 0 N–H and O–H groups in total. The van der Waals surface area contributed by atoms with Crippen LogP contribution in [0.3, 0.4) is 0 Å². The van der Waals surface area contributed by atoms with E-state index >= 15 is 0 Å². The quantitative estimate of drug-likeness (QED) is 0.346. The Labute approximate surface area is 187 Å². The van der Waals surface area contributed by atoms with E-state index in [0.29, 0.717) is 27.4 Å². The molecule has 0 radical (unpaired) electrons. The summed E-state index contributed by atoms with van der Waals surface area (Å²) in [6.07, 6.45) is 6.49. The predicted molar refractivity (Wildman–Crippen MR) is 117 cm³/mol. The van der Waals surface area contributed by atoms with Crippen molar-refractivity contribution >= 4 is 45.6 Å². The maximum absolute atomic E-state index is 12.8. The number of rotatable bonds is 5. The summed E-state index contributed by atoms with van der Waals surface area (Å²) in [5.74, 6) is -0.123. The van der Waals surface area contributed by atoms with Crippen molar-refractivity contribution in [2.24, 2.45) is 28.8 Å². The van der Waals surface area contributed by atoms with Crippen LogP contribution >= 0.6 is 27.5 Å². The zero-order valence-electron chi connectivity index (χ0n) is 15.9. The van der Waals surface area contributed by atoms with Crippen LogP contribution in [-0.4, -0.2) is 23.0 Å². The number of carbonyl (C=O) groups excluding carboxylic acids is 2. The van der Waals surface area contributed by atoms with Crippen molar-refractivity contribution in [3.8, 4) is 5.75 Å². The molecular weight excluding hydrogens is 468 g/mol. The summed E-state index contributed by atoms with van der Waals surface area (Å²) in [6, 6.07) is 13.2. The number of carbonyl (C=O) groups is 2. The molecule has 0 aromatic heterocycles. The highest BCUT2D eigenvalue weighted by Gasteiger charge is 2.59. The van der Waals surface area contributed by atoms with Gasteiger partial charge >= 0.3 is 0 Å². The second kappa shape index (κ2) is 7.67. The number of hydrazone groups is 1. The molecule has 2 aromatic rings. The van der Waals surface area contributed by atoms with Crippen LogP contribution in [0.2, 0.25) is 5.02 Å². The van der Waals surface area contributed by atoms with E-state index in [1.807, 2.05) is 30.3 Å². The molecule has 1 saturated carbocycles. The number of halogens is 2. The van der Waals surface area contributed by atoms with Gasteiger partial charge in [0.05, 0.1) is 22.5 Å². The monoisotopic (exact) mass is 484 g/mol. The zero-order chi connectivity index (χ0) is 20.8. The topological polar surface area (TPSA) is 59.0 Å². The van der Waals surface area contributed by atoms with Gasteiger partial charge in [0.15, 0.2) is 0 Å². The Bertz CT molecular complexity index is 1060. The van der Waals surface area contributed by atoms with E-state index in [-0.39, 0.29) is 35.5 Å². The molecule has 4 atom stereocenters. The van der Waals surface area contributed by atoms with E-state index in [4.69, 9.17) is 16.3 Å². The average Bonchev–Trinajstić information content (AvgIpc) is 3.41. The molecule has 2 aromatic carbocycles. The van der Waals surface area contributed by atoms with Crippen molar-refractivity contribution in [2.75, 3.05) is 0 Å². The summed E-state index contributed by atoms with van der Waals surface area (Å²) in [6.45, 7) is 0.364. The third kappa shape index (κ3) is 3.28. The first kappa shape index (κ1) is 19.5. The van der Waals surface area contributed by atoms with E-state index in [1.165, 1.54) is 6.21 Å². The first-order valence-electron chi connectivity index (χ1n) is 9.79. The normalized spacial score (nSPS) is 26.8. The number of fused-ring (bicyclic) bond motifs is 5. The second-order valence-corrected chi connectivity index (χ2v) is 9.10. The number of benzene rings is 2. The maximum Gasteiger partial charge on any atom is 0.254 e. The number of imide groups is 1. The molecule has 2 aliphatic carbocycles. The third-order valence-electron chi connectivity index (χ3n) is 6.02. The van der Waals surface area contributed by atoms with Gasteiger partial charge in [0, 0.05) is 10.6 Å². The van der Waals surface area contributed by atoms with Crippen LogP contribution in [0.15, 0.2) is 64.2 Å². The largest absolute Gasteiger partial charge is 0.487 e. The Kier molecular flexibility index (Phi) is 4.99. The number of amides is 2. The molecule has 1 heterocycles. The van der Waals surface area contributed by atoms with Crippen molar-refractivity contribution in [3.05, 3.63) is 75.2 Å². The summed E-state index contributed by atoms with van der Waals surface area (Å²) in [7, 11) is 0. The second-order valence-electron chi connectivity index (χ2n) is 7.81.